The monoisotopic (exact) mass is 1100 g/mol. The molecule has 0 heterocycles. The van der Waals surface area contributed by atoms with E-state index in [1.165, 1.54) is 161 Å². The lowest BCUT2D eigenvalue weighted by molar-refractivity contribution is -0.870. The Morgan fingerprint density at radius 2 is 0.844 bits per heavy atom. The maximum Gasteiger partial charge on any atom is 0.472 e. The van der Waals surface area contributed by atoms with Crippen LogP contribution in [0.5, 0.6) is 0 Å². The molecular weight excluding hydrogens is 976 g/mol. The highest BCUT2D eigenvalue weighted by Crippen LogP contribution is 2.43. The number of hydrogen-bond donors (Lipinski definition) is 2. The van der Waals surface area contributed by atoms with Gasteiger partial charge in [-0.1, -0.05) is 254 Å². The van der Waals surface area contributed by atoms with E-state index in [9.17, 15) is 19.0 Å². The minimum absolute atomic E-state index is 0.0270. The summed E-state index contributed by atoms with van der Waals surface area (Å²) >= 11 is 0. The van der Waals surface area contributed by atoms with E-state index in [1.54, 1.807) is 0 Å². The first kappa shape index (κ1) is 74.2. The average Bonchev–Trinajstić information content (AvgIpc) is 3.39. The van der Waals surface area contributed by atoms with Gasteiger partial charge in [0.05, 0.1) is 33.8 Å². The number of phosphoric ester groups is 1. The maximum atomic E-state index is 13.5. The van der Waals surface area contributed by atoms with Gasteiger partial charge >= 0.3 is 13.8 Å². The van der Waals surface area contributed by atoms with Gasteiger partial charge in [-0.2, -0.15) is 0 Å². The lowest BCUT2D eigenvalue weighted by Gasteiger charge is -2.27. The molecule has 3 unspecified atom stereocenters. The van der Waals surface area contributed by atoms with E-state index in [1.807, 2.05) is 33.3 Å². The zero-order chi connectivity index (χ0) is 56.4. The van der Waals surface area contributed by atoms with Crippen LogP contribution in [-0.4, -0.2) is 74.3 Å². The van der Waals surface area contributed by atoms with Crippen molar-refractivity contribution in [2.24, 2.45) is 0 Å². The van der Waals surface area contributed by atoms with Crippen molar-refractivity contribution in [3.05, 3.63) is 85.1 Å². The van der Waals surface area contributed by atoms with Gasteiger partial charge in [0.2, 0.25) is 5.91 Å². The Morgan fingerprint density at radius 1 is 0.468 bits per heavy atom. The van der Waals surface area contributed by atoms with Crippen LogP contribution in [0.3, 0.4) is 0 Å². The number of rotatable bonds is 57. The number of carbonyl (C=O) groups excluding carboxylic acids is 2. The minimum atomic E-state index is -4.47. The maximum absolute atomic E-state index is 13.5. The summed E-state index contributed by atoms with van der Waals surface area (Å²) in [5.74, 6) is -0.572. The molecule has 0 aliphatic rings. The summed E-state index contributed by atoms with van der Waals surface area (Å²) in [5, 5.41) is 3.02. The molecule has 0 aliphatic heterocycles. The van der Waals surface area contributed by atoms with Gasteiger partial charge in [-0.3, -0.25) is 18.6 Å². The number of nitrogens with one attached hydrogen (secondary N) is 1. The van der Waals surface area contributed by atoms with Crippen LogP contribution in [0.1, 0.15) is 278 Å². The van der Waals surface area contributed by atoms with E-state index in [2.05, 4.69) is 99.0 Å². The van der Waals surface area contributed by atoms with Gasteiger partial charge in [0, 0.05) is 12.8 Å². The standard InChI is InChI=1S/C67H121N2O7P/c1-7-10-13-16-19-22-25-27-29-31-32-33-34-35-36-38-40-42-45-48-51-54-57-60-67(71)76-65(58-55-52-49-46-43-24-21-18-15-12-9-3)64(63-75-77(72,73)74-62-61-69(4,5)6)68-66(70)59-56-53-50-47-44-41-39-37-30-28-26-23-20-17-14-11-8-2/h11,14,20,23,27-30,39,41,47,50,55,58,64-65H,7-10,12-13,15-19,21-22,24-26,31-38,40,42-46,48-49,51-54,56-57,59-63H2,1-6H3,(H-,68,70,72,73)/p+1/b14-11-,23-20-,29-27+,30-28-,41-39-,50-47-,58-55-. The number of ether oxygens (including phenoxy) is 1. The predicted molar refractivity (Wildman–Crippen MR) is 332 cm³/mol. The Bertz CT molecular complexity index is 1590. The summed E-state index contributed by atoms with van der Waals surface area (Å²) in [6, 6.07) is -0.881. The minimum Gasteiger partial charge on any atom is -0.456 e. The summed E-state index contributed by atoms with van der Waals surface area (Å²) < 4.78 is 30.6. The summed E-state index contributed by atoms with van der Waals surface area (Å²) in [4.78, 5) is 37.7. The van der Waals surface area contributed by atoms with Gasteiger partial charge in [-0.05, 0) is 96.0 Å². The molecule has 0 spiro atoms. The predicted octanol–water partition coefficient (Wildman–Crippen LogP) is 19.8. The van der Waals surface area contributed by atoms with Crippen molar-refractivity contribution < 1.29 is 37.3 Å². The highest BCUT2D eigenvalue weighted by Gasteiger charge is 2.30. The number of nitrogens with zero attached hydrogens (tertiary/aromatic N) is 1. The first-order valence-corrected chi connectivity index (χ1v) is 33.4. The molecule has 0 saturated carbocycles. The number of allylic oxidation sites excluding steroid dienone is 13. The lowest BCUT2D eigenvalue weighted by Crippen LogP contribution is -2.47. The van der Waals surface area contributed by atoms with Gasteiger partial charge in [0.15, 0.2) is 0 Å². The second-order valence-electron chi connectivity index (χ2n) is 22.5. The van der Waals surface area contributed by atoms with E-state index in [4.69, 9.17) is 13.8 Å². The molecule has 0 aliphatic carbocycles. The number of phosphoric acid groups is 1. The Morgan fingerprint density at radius 3 is 1.29 bits per heavy atom. The average molecular weight is 1100 g/mol. The van der Waals surface area contributed by atoms with Gasteiger partial charge < -0.3 is 19.4 Å². The van der Waals surface area contributed by atoms with Crippen LogP contribution in [-0.2, 0) is 27.9 Å². The zero-order valence-corrected chi connectivity index (χ0v) is 51.8. The number of quaternary nitrogens is 1. The molecule has 0 aromatic heterocycles. The van der Waals surface area contributed by atoms with Crippen LogP contribution in [0.4, 0.5) is 0 Å². The second-order valence-corrected chi connectivity index (χ2v) is 24.0. The number of esters is 1. The highest BCUT2D eigenvalue weighted by molar-refractivity contribution is 7.47. The fourth-order valence-electron chi connectivity index (χ4n) is 8.91. The third-order valence-electron chi connectivity index (χ3n) is 13.8. The molecule has 9 nitrogen and oxygen atoms in total. The summed E-state index contributed by atoms with van der Waals surface area (Å²) in [7, 11) is 1.46. The largest absolute Gasteiger partial charge is 0.472 e. The molecule has 1 amide bonds. The lowest BCUT2D eigenvalue weighted by atomic mass is 10.0. The molecule has 0 rings (SSSR count). The Balaban J connectivity index is 5.20. The summed E-state index contributed by atoms with van der Waals surface area (Å²) in [5.41, 5.74) is 0. The molecule has 0 bridgehead atoms. The normalized spacial score (nSPS) is 14.2. The summed E-state index contributed by atoms with van der Waals surface area (Å²) in [6.07, 6.45) is 74.6. The molecule has 0 aromatic rings. The van der Waals surface area contributed by atoms with Gasteiger partial charge in [0.1, 0.15) is 19.3 Å². The molecule has 0 aromatic carbocycles. The van der Waals surface area contributed by atoms with Crippen molar-refractivity contribution in [2.45, 2.75) is 290 Å². The molecular formula is C67H122N2O7P+. The second kappa shape index (κ2) is 56.5. The number of hydrogen-bond acceptors (Lipinski definition) is 6. The van der Waals surface area contributed by atoms with E-state index < -0.39 is 20.0 Å². The third-order valence-corrected chi connectivity index (χ3v) is 14.8. The molecule has 446 valence electrons. The molecule has 3 atom stereocenters. The van der Waals surface area contributed by atoms with E-state index in [-0.39, 0.29) is 37.9 Å². The van der Waals surface area contributed by atoms with Crippen LogP contribution in [0.2, 0.25) is 0 Å². The van der Waals surface area contributed by atoms with Crippen molar-refractivity contribution in [2.75, 3.05) is 40.9 Å². The van der Waals surface area contributed by atoms with Crippen LogP contribution in [0, 0.1) is 0 Å². The number of likely N-dealkylation sites (N-methyl/N-ethyl adjacent to an activating group) is 1. The van der Waals surface area contributed by atoms with Gasteiger partial charge in [-0.25, -0.2) is 4.57 Å². The highest BCUT2D eigenvalue weighted by atomic mass is 31.2. The summed E-state index contributed by atoms with van der Waals surface area (Å²) in [6.45, 7) is 6.85. The Kier molecular flexibility index (Phi) is 54.4. The Hall–Kier alpha value is -2.81. The van der Waals surface area contributed by atoms with E-state index in [0.717, 1.165) is 77.0 Å². The van der Waals surface area contributed by atoms with Crippen molar-refractivity contribution in [1.29, 1.82) is 0 Å². The first-order valence-electron chi connectivity index (χ1n) is 31.9. The Labute approximate surface area is 476 Å². The quantitative estimate of drug-likeness (QED) is 0.0205. The fraction of sp³-hybridized carbons (Fsp3) is 0.761. The molecule has 0 saturated heterocycles. The van der Waals surface area contributed by atoms with Crippen LogP contribution < -0.4 is 5.32 Å². The van der Waals surface area contributed by atoms with Crippen LogP contribution >= 0.6 is 7.82 Å². The van der Waals surface area contributed by atoms with Crippen LogP contribution in [0.15, 0.2) is 85.1 Å². The van der Waals surface area contributed by atoms with Gasteiger partial charge in [0.25, 0.3) is 0 Å². The number of unbranched alkanes of at least 4 members (excludes halogenated alkanes) is 29. The first-order chi connectivity index (χ1) is 37.4. The number of carbonyl (C=O) groups is 2. The fourth-order valence-corrected chi connectivity index (χ4v) is 9.65. The van der Waals surface area contributed by atoms with Crippen LogP contribution in [0.25, 0.3) is 0 Å². The zero-order valence-electron chi connectivity index (χ0n) is 50.9. The SMILES string of the molecule is CC/C=C\C/C=C\C/C=C\C/C=C\C/C=C\CCCC(=O)NC(COP(=O)(O)OCC[N+](C)(C)C)C(/C=C\CCCCCCCCCCC)OC(=O)CCCCCCCCCCCCCCC/C=C/CCCCCCCC. The van der Waals surface area contributed by atoms with Gasteiger partial charge in [-0.15, -0.1) is 0 Å². The molecule has 2 N–H and O–H groups in total. The topological polar surface area (TPSA) is 111 Å². The molecule has 0 fully saturated rings. The van der Waals surface area contributed by atoms with Crippen molar-refractivity contribution in [3.8, 4) is 0 Å². The van der Waals surface area contributed by atoms with Crippen molar-refractivity contribution in [1.82, 2.24) is 5.32 Å². The third kappa shape index (κ3) is 57.7. The van der Waals surface area contributed by atoms with E-state index in [0.29, 0.717) is 17.4 Å². The van der Waals surface area contributed by atoms with E-state index >= 15 is 0 Å². The van der Waals surface area contributed by atoms with Crippen molar-refractivity contribution >= 4 is 19.7 Å². The smallest absolute Gasteiger partial charge is 0.456 e. The molecule has 77 heavy (non-hydrogen) atoms. The van der Waals surface area contributed by atoms with Crippen molar-refractivity contribution in [3.63, 3.8) is 0 Å². The number of amides is 1. The molecule has 0 radical (unpaired) electrons. The molecule has 10 heteroatoms.